The summed E-state index contributed by atoms with van der Waals surface area (Å²) in [6.07, 6.45) is 4.70. The normalized spacial score (nSPS) is 14.5. The number of nitrogens with zero attached hydrogens (tertiary/aromatic N) is 2. The Morgan fingerprint density at radius 3 is 2.41 bits per heavy atom. The number of thiophene rings is 1. The predicted molar refractivity (Wildman–Crippen MR) is 125 cm³/mol. The molecule has 8 nitrogen and oxygen atoms in total. The van der Waals surface area contributed by atoms with Gasteiger partial charge in [-0.25, -0.2) is 8.42 Å². The average molecular weight is 480 g/mol. The summed E-state index contributed by atoms with van der Waals surface area (Å²) in [6.45, 7) is 1.70. The average Bonchev–Trinajstić information content (AvgIpc) is 3.21. The molecule has 0 aliphatic carbocycles. The highest BCUT2D eigenvalue weighted by Gasteiger charge is 2.22. The minimum atomic E-state index is -3.60. The van der Waals surface area contributed by atoms with Crippen LogP contribution in [0.2, 0.25) is 0 Å². The van der Waals surface area contributed by atoms with E-state index in [1.165, 1.54) is 24.2 Å². The van der Waals surface area contributed by atoms with Crippen LogP contribution in [0.1, 0.15) is 32.1 Å². The molecule has 3 rings (SSSR count). The Morgan fingerprint density at radius 1 is 1.09 bits per heavy atom. The van der Waals surface area contributed by atoms with Crippen LogP contribution in [0.3, 0.4) is 0 Å². The van der Waals surface area contributed by atoms with Crippen LogP contribution < -0.4 is 14.4 Å². The lowest BCUT2D eigenvalue weighted by Crippen LogP contribution is -2.36. The Kier molecular flexibility index (Phi) is 8.52. The molecule has 0 radical (unpaired) electrons. The maximum atomic E-state index is 12.6. The Balaban J connectivity index is 1.42. The molecule has 32 heavy (non-hydrogen) atoms. The van der Waals surface area contributed by atoms with Crippen LogP contribution in [-0.2, 0) is 19.6 Å². The van der Waals surface area contributed by atoms with E-state index < -0.39 is 10.0 Å². The zero-order chi connectivity index (χ0) is 23.0. The van der Waals surface area contributed by atoms with Crippen molar-refractivity contribution in [1.82, 2.24) is 10.2 Å². The van der Waals surface area contributed by atoms with Crippen molar-refractivity contribution in [2.75, 3.05) is 37.6 Å². The first kappa shape index (κ1) is 24.1. The van der Waals surface area contributed by atoms with Gasteiger partial charge in [0, 0.05) is 33.1 Å². The first-order valence-corrected chi connectivity index (χ1v) is 13.0. The zero-order valence-corrected chi connectivity index (χ0v) is 19.8. The Bertz CT molecular complexity index is 983. The molecule has 10 heteroatoms. The zero-order valence-electron chi connectivity index (χ0n) is 18.2. The van der Waals surface area contributed by atoms with Gasteiger partial charge in [0.1, 0.15) is 9.96 Å². The van der Waals surface area contributed by atoms with Crippen molar-refractivity contribution >= 4 is 38.9 Å². The third kappa shape index (κ3) is 6.46. The van der Waals surface area contributed by atoms with Gasteiger partial charge >= 0.3 is 0 Å². The van der Waals surface area contributed by atoms with E-state index in [2.05, 4.69) is 5.32 Å². The van der Waals surface area contributed by atoms with Crippen molar-refractivity contribution in [1.29, 1.82) is 0 Å². The van der Waals surface area contributed by atoms with Crippen LogP contribution in [0.25, 0.3) is 0 Å². The minimum Gasteiger partial charge on any atom is -0.484 e. The number of anilines is 1. The van der Waals surface area contributed by atoms with Gasteiger partial charge in [0.15, 0.2) is 6.61 Å². The molecule has 0 bridgehead atoms. The predicted octanol–water partition coefficient (Wildman–Crippen LogP) is 2.86. The molecule has 0 atom stereocenters. The molecule has 1 aliphatic heterocycles. The minimum absolute atomic E-state index is 0.0744. The summed E-state index contributed by atoms with van der Waals surface area (Å²) in [5.41, 5.74) is 0.488. The van der Waals surface area contributed by atoms with E-state index in [0.717, 1.165) is 37.3 Å². The number of nitrogens with one attached hydrogen (secondary N) is 1. The number of carbonyl (C=O) groups is 2. The number of hydrogen-bond donors (Lipinski definition) is 1. The van der Waals surface area contributed by atoms with Crippen molar-refractivity contribution in [2.24, 2.45) is 0 Å². The van der Waals surface area contributed by atoms with E-state index in [4.69, 9.17) is 4.74 Å². The Hall–Kier alpha value is -2.59. The van der Waals surface area contributed by atoms with Gasteiger partial charge in [-0.2, -0.15) is 0 Å². The van der Waals surface area contributed by atoms with Gasteiger partial charge in [0.25, 0.3) is 15.9 Å². The molecule has 1 N–H and O–H groups in total. The molecule has 0 saturated carbocycles. The van der Waals surface area contributed by atoms with E-state index in [1.807, 2.05) is 4.90 Å². The summed E-state index contributed by atoms with van der Waals surface area (Å²) in [7, 11) is -2.11. The highest BCUT2D eigenvalue weighted by molar-refractivity contribution is 7.94. The molecule has 0 spiro atoms. The summed E-state index contributed by atoms with van der Waals surface area (Å²) in [6, 6.07) is 9.74. The van der Waals surface area contributed by atoms with Crippen molar-refractivity contribution < 1.29 is 22.7 Å². The van der Waals surface area contributed by atoms with Crippen molar-refractivity contribution in [3.8, 4) is 5.75 Å². The lowest BCUT2D eigenvalue weighted by atomic mass is 10.2. The van der Waals surface area contributed by atoms with Gasteiger partial charge in [-0.1, -0.05) is 18.9 Å². The number of amides is 2. The molecule has 174 valence electrons. The molecular formula is C22H29N3O5S2. The highest BCUT2D eigenvalue weighted by Crippen LogP contribution is 2.26. The summed E-state index contributed by atoms with van der Waals surface area (Å²) in [5.74, 6) is 0.215. The second-order valence-electron chi connectivity index (χ2n) is 7.58. The van der Waals surface area contributed by atoms with Gasteiger partial charge in [-0.05, 0) is 48.6 Å². The lowest BCUT2D eigenvalue weighted by Gasteiger charge is -2.20. The molecule has 2 aromatic rings. The maximum Gasteiger partial charge on any atom is 0.273 e. The molecule has 0 unspecified atom stereocenters. The number of carbonyl (C=O) groups excluding carboxylic acids is 2. The van der Waals surface area contributed by atoms with E-state index in [0.29, 0.717) is 11.4 Å². The van der Waals surface area contributed by atoms with Crippen molar-refractivity contribution in [3.63, 3.8) is 0 Å². The summed E-state index contributed by atoms with van der Waals surface area (Å²) in [4.78, 5) is 26.1. The Labute approximate surface area is 193 Å². The van der Waals surface area contributed by atoms with E-state index >= 15 is 0 Å². The number of hydrogen-bond acceptors (Lipinski definition) is 6. The number of likely N-dealkylation sites (tertiary alicyclic amines) is 1. The summed E-state index contributed by atoms with van der Waals surface area (Å²) >= 11 is 1.16. The summed E-state index contributed by atoms with van der Waals surface area (Å²) < 4.78 is 32.1. The van der Waals surface area contributed by atoms with Crippen LogP contribution in [0.15, 0.2) is 46.0 Å². The first-order valence-electron chi connectivity index (χ1n) is 10.7. The van der Waals surface area contributed by atoms with Gasteiger partial charge in [-0.15, -0.1) is 11.3 Å². The largest absolute Gasteiger partial charge is 0.484 e. The monoisotopic (exact) mass is 479 g/mol. The van der Waals surface area contributed by atoms with Gasteiger partial charge in [0.05, 0.1) is 5.69 Å². The topological polar surface area (TPSA) is 96.0 Å². The SMILES string of the molecule is CN(c1ccc(OCC(=O)NCCC(=O)N2CCCCCC2)cc1)S(=O)(=O)c1cccs1. The smallest absolute Gasteiger partial charge is 0.273 e. The number of rotatable bonds is 9. The van der Waals surface area contributed by atoms with Crippen LogP contribution in [-0.4, -0.2) is 58.4 Å². The summed E-state index contributed by atoms with van der Waals surface area (Å²) in [5, 5.41) is 4.42. The number of benzene rings is 1. The molecule has 2 heterocycles. The fourth-order valence-corrected chi connectivity index (χ4v) is 5.78. The molecule has 1 fully saturated rings. The third-order valence-electron chi connectivity index (χ3n) is 5.30. The maximum absolute atomic E-state index is 12.6. The van der Waals surface area contributed by atoms with Crippen LogP contribution in [0.5, 0.6) is 5.75 Å². The second-order valence-corrected chi connectivity index (χ2v) is 10.7. The second kappa shape index (κ2) is 11.3. The van der Waals surface area contributed by atoms with Crippen LogP contribution >= 0.6 is 11.3 Å². The van der Waals surface area contributed by atoms with Crippen LogP contribution in [0.4, 0.5) is 5.69 Å². The third-order valence-corrected chi connectivity index (χ3v) is 8.46. The van der Waals surface area contributed by atoms with E-state index in [-0.39, 0.29) is 35.6 Å². The quantitative estimate of drug-likeness (QED) is 0.597. The number of sulfonamides is 1. The fraction of sp³-hybridized carbons (Fsp3) is 0.455. The highest BCUT2D eigenvalue weighted by atomic mass is 32.2. The van der Waals surface area contributed by atoms with E-state index in [1.54, 1.807) is 41.8 Å². The lowest BCUT2D eigenvalue weighted by molar-refractivity contribution is -0.131. The van der Waals surface area contributed by atoms with Gasteiger partial charge in [-0.3, -0.25) is 13.9 Å². The molecule has 1 aromatic carbocycles. The first-order chi connectivity index (χ1) is 15.4. The molecule has 2 amide bonds. The molecule has 1 aliphatic rings. The molecule has 1 aromatic heterocycles. The number of ether oxygens (including phenoxy) is 1. The van der Waals surface area contributed by atoms with E-state index in [9.17, 15) is 18.0 Å². The Morgan fingerprint density at radius 2 is 1.78 bits per heavy atom. The van der Waals surface area contributed by atoms with Crippen molar-refractivity contribution in [3.05, 3.63) is 41.8 Å². The van der Waals surface area contributed by atoms with Crippen LogP contribution in [0, 0.1) is 0 Å². The van der Waals surface area contributed by atoms with Crippen molar-refractivity contribution in [2.45, 2.75) is 36.3 Å². The van der Waals surface area contributed by atoms with Gasteiger partial charge in [0.2, 0.25) is 5.91 Å². The fourth-order valence-electron chi connectivity index (χ4n) is 3.42. The standard InChI is InChI=1S/C22H29N3O5S2/c1-24(32(28,29)22-7-6-16-31-22)18-8-10-19(11-9-18)30-17-20(26)23-13-12-21(27)25-14-4-2-3-5-15-25/h6-11,16H,2-5,12-15,17H2,1H3,(H,23,26). The molecule has 1 saturated heterocycles. The van der Waals surface area contributed by atoms with Gasteiger partial charge < -0.3 is 15.0 Å². The molecular weight excluding hydrogens is 450 g/mol.